The van der Waals surface area contributed by atoms with Gasteiger partial charge in [-0.2, -0.15) is 0 Å². The minimum atomic E-state index is -0.860. The summed E-state index contributed by atoms with van der Waals surface area (Å²) >= 11 is 0. The second-order valence-corrected chi connectivity index (χ2v) is 4.62. The topological polar surface area (TPSA) is 114 Å². The van der Waals surface area contributed by atoms with Gasteiger partial charge in [-0.25, -0.2) is 4.79 Å². The Labute approximate surface area is 120 Å². The highest BCUT2D eigenvalue weighted by Gasteiger charge is 2.35. The zero-order valence-corrected chi connectivity index (χ0v) is 11.6. The third kappa shape index (κ3) is 3.41. The molecule has 116 valence electrons. The fourth-order valence-corrected chi connectivity index (χ4v) is 2.10. The average Bonchev–Trinajstić information content (AvgIpc) is 2.82. The smallest absolute Gasteiger partial charge is 0.330 e. The molecule has 3 atom stereocenters. The van der Waals surface area contributed by atoms with Crippen molar-refractivity contribution < 1.29 is 19.7 Å². The molecule has 0 aromatic carbocycles. The first-order valence-corrected chi connectivity index (χ1v) is 6.64. The number of H-pyrrole nitrogens is 1. The molecule has 2 heterocycles. The molecule has 1 aromatic rings. The monoisotopic (exact) mass is 298 g/mol. The molecule has 0 amide bonds. The number of hydrogen-bond acceptors (Lipinski definition) is 6. The Morgan fingerprint density at radius 2 is 2.33 bits per heavy atom. The average molecular weight is 298 g/mol. The summed E-state index contributed by atoms with van der Waals surface area (Å²) in [4.78, 5) is 25.7. The van der Waals surface area contributed by atoms with Gasteiger partial charge >= 0.3 is 5.69 Å². The van der Waals surface area contributed by atoms with Crippen LogP contribution < -0.4 is 11.2 Å². The number of aliphatic hydroxyl groups excluding tert-OH is 2. The van der Waals surface area contributed by atoms with Crippen LogP contribution in [0.2, 0.25) is 0 Å². The van der Waals surface area contributed by atoms with E-state index < -0.39 is 29.7 Å². The Hall–Kier alpha value is -1.90. The molecule has 8 nitrogen and oxygen atoms in total. The Morgan fingerprint density at radius 3 is 2.95 bits per heavy atom. The van der Waals surface area contributed by atoms with Crippen LogP contribution in [0.3, 0.4) is 0 Å². The van der Waals surface area contributed by atoms with E-state index in [0.29, 0.717) is 6.61 Å². The van der Waals surface area contributed by atoms with Gasteiger partial charge in [0.1, 0.15) is 12.3 Å². The number of aromatic nitrogens is 2. The van der Waals surface area contributed by atoms with Gasteiger partial charge < -0.3 is 19.7 Å². The molecule has 1 aromatic heterocycles. The Morgan fingerprint density at radius 1 is 1.57 bits per heavy atom. The van der Waals surface area contributed by atoms with Crippen molar-refractivity contribution in [1.29, 1.82) is 0 Å². The number of nitrogens with one attached hydrogen (secondary N) is 1. The molecule has 0 unspecified atom stereocenters. The normalized spacial score (nSPS) is 25.6. The number of rotatable bonds is 5. The fraction of sp³-hybridized carbons (Fsp3) is 0.538. The standard InChI is InChI=1S/C13H18N2O6/c1-2-20-4-3-8-6-15(13(19)14-12(8)18)11-5-9(17)10(7-16)21-11/h3-4,6,9-11,16-17H,2,5,7H2,1H3,(H,14,18,19)/t9-,10+,11+/m0/s1. The summed E-state index contributed by atoms with van der Waals surface area (Å²) in [5, 5.41) is 18.8. The SMILES string of the molecule is CCOC=Cc1cn([C@H]2C[C@H](O)[C@@H](CO)O2)c(=O)[nH]c1=O. The van der Waals surface area contributed by atoms with Crippen LogP contribution in [-0.4, -0.2) is 45.2 Å². The predicted octanol–water partition coefficient (Wildman–Crippen LogP) is -0.816. The zero-order valence-electron chi connectivity index (χ0n) is 11.6. The summed E-state index contributed by atoms with van der Waals surface area (Å²) in [6.07, 6.45) is 1.96. The van der Waals surface area contributed by atoms with Gasteiger partial charge in [-0.1, -0.05) is 0 Å². The largest absolute Gasteiger partial charge is 0.501 e. The van der Waals surface area contributed by atoms with Crippen molar-refractivity contribution in [3.63, 3.8) is 0 Å². The van der Waals surface area contributed by atoms with Crippen molar-refractivity contribution in [3.8, 4) is 0 Å². The first kappa shape index (κ1) is 15.5. The molecule has 0 saturated carbocycles. The van der Waals surface area contributed by atoms with Crippen LogP contribution >= 0.6 is 0 Å². The number of hydrogen-bond donors (Lipinski definition) is 3. The Balaban J connectivity index is 2.30. The van der Waals surface area contributed by atoms with Gasteiger partial charge in [-0.05, 0) is 13.0 Å². The second kappa shape index (κ2) is 6.70. The summed E-state index contributed by atoms with van der Waals surface area (Å²) in [5.74, 6) is 0. The first-order chi connectivity index (χ1) is 10.1. The van der Waals surface area contributed by atoms with Gasteiger partial charge in [0.05, 0.1) is 31.1 Å². The lowest BCUT2D eigenvalue weighted by Gasteiger charge is -2.14. The molecule has 0 radical (unpaired) electrons. The lowest BCUT2D eigenvalue weighted by molar-refractivity contribution is -0.0459. The van der Waals surface area contributed by atoms with Gasteiger partial charge in [0.15, 0.2) is 0 Å². The van der Waals surface area contributed by atoms with Crippen molar-refractivity contribution in [3.05, 3.63) is 38.9 Å². The van der Waals surface area contributed by atoms with E-state index in [2.05, 4.69) is 4.98 Å². The van der Waals surface area contributed by atoms with Crippen LogP contribution in [0.1, 0.15) is 25.1 Å². The maximum absolute atomic E-state index is 11.8. The number of aliphatic hydroxyl groups is 2. The van der Waals surface area contributed by atoms with E-state index in [9.17, 15) is 14.7 Å². The Kier molecular flexibility index (Phi) is 4.94. The molecule has 1 saturated heterocycles. The van der Waals surface area contributed by atoms with E-state index in [4.69, 9.17) is 14.6 Å². The highest BCUT2D eigenvalue weighted by atomic mass is 16.5. The molecule has 2 rings (SSSR count). The molecule has 1 aliphatic heterocycles. The fourth-order valence-electron chi connectivity index (χ4n) is 2.10. The van der Waals surface area contributed by atoms with E-state index in [1.807, 2.05) is 0 Å². The van der Waals surface area contributed by atoms with Crippen LogP contribution in [0.25, 0.3) is 6.08 Å². The Bertz CT molecular complexity index is 620. The molecule has 8 heteroatoms. The van der Waals surface area contributed by atoms with E-state index in [1.165, 1.54) is 23.1 Å². The summed E-state index contributed by atoms with van der Waals surface area (Å²) in [5.41, 5.74) is -0.942. The molecule has 0 spiro atoms. The van der Waals surface area contributed by atoms with Crippen molar-refractivity contribution in [1.82, 2.24) is 9.55 Å². The summed E-state index contributed by atoms with van der Waals surface area (Å²) in [6.45, 7) is 1.93. The van der Waals surface area contributed by atoms with Gasteiger partial charge in [0.2, 0.25) is 0 Å². The molecule has 1 aliphatic rings. The number of nitrogens with zero attached hydrogens (tertiary/aromatic N) is 1. The van der Waals surface area contributed by atoms with Gasteiger partial charge in [-0.15, -0.1) is 0 Å². The maximum Gasteiger partial charge on any atom is 0.330 e. The van der Waals surface area contributed by atoms with E-state index in [0.717, 1.165) is 0 Å². The highest BCUT2D eigenvalue weighted by Crippen LogP contribution is 2.27. The second-order valence-electron chi connectivity index (χ2n) is 4.62. The van der Waals surface area contributed by atoms with Crippen molar-refractivity contribution in [2.45, 2.75) is 31.8 Å². The van der Waals surface area contributed by atoms with E-state index in [-0.39, 0.29) is 18.6 Å². The van der Waals surface area contributed by atoms with Crippen LogP contribution in [0.5, 0.6) is 0 Å². The maximum atomic E-state index is 11.8. The van der Waals surface area contributed by atoms with E-state index >= 15 is 0 Å². The minimum Gasteiger partial charge on any atom is -0.501 e. The summed E-state index contributed by atoms with van der Waals surface area (Å²) in [6, 6.07) is 0. The van der Waals surface area contributed by atoms with Crippen molar-refractivity contribution in [2.24, 2.45) is 0 Å². The van der Waals surface area contributed by atoms with Crippen molar-refractivity contribution in [2.75, 3.05) is 13.2 Å². The molecule has 1 fully saturated rings. The summed E-state index contributed by atoms with van der Waals surface area (Å²) < 4.78 is 11.6. The molecular formula is C13H18N2O6. The van der Waals surface area contributed by atoms with Gasteiger partial charge in [0.25, 0.3) is 5.56 Å². The van der Waals surface area contributed by atoms with Crippen LogP contribution in [0.15, 0.2) is 22.0 Å². The minimum absolute atomic E-state index is 0.159. The van der Waals surface area contributed by atoms with Crippen LogP contribution in [0, 0.1) is 0 Å². The lowest BCUT2D eigenvalue weighted by Crippen LogP contribution is -2.33. The quantitative estimate of drug-likeness (QED) is 0.612. The van der Waals surface area contributed by atoms with Gasteiger partial charge in [-0.3, -0.25) is 14.3 Å². The molecule has 0 aliphatic carbocycles. The predicted molar refractivity (Wildman–Crippen MR) is 73.6 cm³/mol. The third-order valence-corrected chi connectivity index (χ3v) is 3.20. The van der Waals surface area contributed by atoms with Crippen molar-refractivity contribution >= 4 is 6.08 Å². The molecule has 0 bridgehead atoms. The number of aromatic amines is 1. The van der Waals surface area contributed by atoms with Gasteiger partial charge in [0, 0.05) is 12.6 Å². The number of ether oxygens (including phenoxy) is 2. The molecule has 3 N–H and O–H groups in total. The zero-order chi connectivity index (χ0) is 15.4. The van der Waals surface area contributed by atoms with Crippen LogP contribution in [0.4, 0.5) is 0 Å². The first-order valence-electron chi connectivity index (χ1n) is 6.64. The van der Waals surface area contributed by atoms with E-state index in [1.54, 1.807) is 6.92 Å². The molecule has 21 heavy (non-hydrogen) atoms. The third-order valence-electron chi connectivity index (χ3n) is 3.20. The highest BCUT2D eigenvalue weighted by molar-refractivity contribution is 5.45. The van der Waals surface area contributed by atoms with Crippen LogP contribution in [-0.2, 0) is 9.47 Å². The molecular weight excluding hydrogens is 280 g/mol. The lowest BCUT2D eigenvalue weighted by atomic mass is 10.2. The summed E-state index contributed by atoms with van der Waals surface area (Å²) in [7, 11) is 0.